The molecule has 1 N–H and O–H groups in total. The number of hydrogen-bond donors (Lipinski definition) is 1. The van der Waals surface area contributed by atoms with E-state index in [4.69, 9.17) is 16.3 Å². The van der Waals surface area contributed by atoms with Crippen molar-refractivity contribution in [1.82, 2.24) is 5.32 Å². The fraction of sp³-hybridized carbons (Fsp3) is 0.235. The molecule has 1 fully saturated rings. The standard InChI is InChI=1S/C34H32ClN3O3/c1-34(26-12-14-28(41-2)15-13-26)32(39)31-29(37-18-16-36-17-19-37)20-27(35)21-30(31)38(33(34)40)22-23-8-10-25(11-9-23)24-6-4-3-5-7-24/h3-15,20-21,36H,16-19,22H2,1-2H3. The number of halogens is 1. The van der Waals surface area contributed by atoms with Gasteiger partial charge in [0.2, 0.25) is 5.91 Å². The molecule has 1 saturated heterocycles. The zero-order valence-corrected chi connectivity index (χ0v) is 23.9. The molecule has 7 heteroatoms. The van der Waals surface area contributed by atoms with Crippen LogP contribution in [-0.4, -0.2) is 45.0 Å². The molecule has 1 atom stereocenters. The zero-order chi connectivity index (χ0) is 28.6. The number of hydrogen-bond acceptors (Lipinski definition) is 5. The second-order valence-electron chi connectivity index (χ2n) is 10.7. The fourth-order valence-corrected chi connectivity index (χ4v) is 6.06. The number of Topliss-reactive ketones (excluding diaryl/α,β-unsaturated/α-hetero) is 1. The van der Waals surface area contributed by atoms with Crippen LogP contribution in [0.1, 0.15) is 28.4 Å². The van der Waals surface area contributed by atoms with Gasteiger partial charge in [0.05, 0.1) is 30.6 Å². The summed E-state index contributed by atoms with van der Waals surface area (Å²) in [6.45, 7) is 5.15. The molecular formula is C34H32ClN3O3. The lowest BCUT2D eigenvalue weighted by Crippen LogP contribution is -2.55. The van der Waals surface area contributed by atoms with Crippen molar-refractivity contribution < 1.29 is 14.3 Å². The highest BCUT2D eigenvalue weighted by Crippen LogP contribution is 2.46. The summed E-state index contributed by atoms with van der Waals surface area (Å²) in [6, 6.07) is 29.2. The van der Waals surface area contributed by atoms with Crippen LogP contribution in [0.4, 0.5) is 11.4 Å². The quantitative estimate of drug-likeness (QED) is 0.286. The van der Waals surface area contributed by atoms with E-state index in [1.54, 1.807) is 37.1 Å². The average Bonchev–Trinajstić information content (AvgIpc) is 3.03. The van der Waals surface area contributed by atoms with Gasteiger partial charge in [0, 0.05) is 31.2 Å². The molecule has 2 aliphatic heterocycles. The lowest BCUT2D eigenvalue weighted by Gasteiger charge is -2.42. The van der Waals surface area contributed by atoms with Gasteiger partial charge in [-0.15, -0.1) is 0 Å². The van der Waals surface area contributed by atoms with Crippen LogP contribution in [0, 0.1) is 0 Å². The van der Waals surface area contributed by atoms with E-state index < -0.39 is 5.41 Å². The van der Waals surface area contributed by atoms with Gasteiger partial charge in [0.1, 0.15) is 11.2 Å². The fourth-order valence-electron chi connectivity index (χ4n) is 5.86. The Morgan fingerprint density at radius 2 is 1.49 bits per heavy atom. The monoisotopic (exact) mass is 565 g/mol. The highest BCUT2D eigenvalue weighted by atomic mass is 35.5. The van der Waals surface area contributed by atoms with Gasteiger partial charge in [-0.1, -0.05) is 78.3 Å². The number of piperazine rings is 1. The largest absolute Gasteiger partial charge is 0.497 e. The summed E-state index contributed by atoms with van der Waals surface area (Å²) in [5.74, 6) is 0.168. The number of anilines is 2. The van der Waals surface area contributed by atoms with Crippen molar-refractivity contribution >= 4 is 34.7 Å². The van der Waals surface area contributed by atoms with Gasteiger partial charge in [0.15, 0.2) is 5.78 Å². The second-order valence-corrected chi connectivity index (χ2v) is 11.1. The van der Waals surface area contributed by atoms with Crippen molar-refractivity contribution in [1.29, 1.82) is 0 Å². The minimum atomic E-state index is -1.42. The lowest BCUT2D eigenvalue weighted by molar-refractivity contribution is -0.122. The van der Waals surface area contributed by atoms with Crippen molar-refractivity contribution in [2.45, 2.75) is 18.9 Å². The minimum absolute atomic E-state index is 0.219. The van der Waals surface area contributed by atoms with E-state index in [1.165, 1.54) is 0 Å². The van der Waals surface area contributed by atoms with Crippen LogP contribution < -0.4 is 19.9 Å². The zero-order valence-electron chi connectivity index (χ0n) is 23.2. The molecule has 0 radical (unpaired) electrons. The molecule has 4 aromatic rings. The van der Waals surface area contributed by atoms with Gasteiger partial charge >= 0.3 is 0 Å². The molecule has 1 amide bonds. The van der Waals surface area contributed by atoms with E-state index >= 15 is 0 Å². The number of rotatable bonds is 6. The van der Waals surface area contributed by atoms with Gasteiger partial charge in [-0.25, -0.2) is 0 Å². The number of carbonyl (C=O) groups excluding carboxylic acids is 2. The normalized spacial score (nSPS) is 18.8. The third-order valence-corrected chi connectivity index (χ3v) is 8.45. The first-order chi connectivity index (χ1) is 19.9. The number of fused-ring (bicyclic) bond motifs is 1. The first-order valence-corrected chi connectivity index (χ1v) is 14.2. The van der Waals surface area contributed by atoms with E-state index in [1.807, 2.05) is 48.5 Å². The Kier molecular flexibility index (Phi) is 7.28. The number of ketones is 1. The van der Waals surface area contributed by atoms with Gasteiger partial charge in [-0.3, -0.25) is 9.59 Å². The molecule has 2 heterocycles. The van der Waals surface area contributed by atoms with E-state index in [0.717, 1.165) is 48.6 Å². The Morgan fingerprint density at radius 1 is 0.854 bits per heavy atom. The SMILES string of the molecule is COc1ccc(C2(C)C(=O)c3c(N4CCNCC4)cc(Cl)cc3N(Cc3ccc(-c4ccccc4)cc3)C2=O)cc1. The number of methoxy groups -OCH3 is 1. The maximum atomic E-state index is 14.5. The van der Waals surface area contributed by atoms with Crippen LogP contribution >= 0.6 is 11.6 Å². The summed E-state index contributed by atoms with van der Waals surface area (Å²) in [6.07, 6.45) is 0. The molecule has 208 valence electrons. The summed E-state index contributed by atoms with van der Waals surface area (Å²) in [5, 5.41) is 3.87. The van der Waals surface area contributed by atoms with E-state index in [0.29, 0.717) is 34.1 Å². The molecule has 41 heavy (non-hydrogen) atoms. The minimum Gasteiger partial charge on any atom is -0.497 e. The predicted octanol–water partition coefficient (Wildman–Crippen LogP) is 6.11. The number of carbonyl (C=O) groups is 2. The highest BCUT2D eigenvalue weighted by molar-refractivity contribution is 6.34. The highest BCUT2D eigenvalue weighted by Gasteiger charge is 2.52. The van der Waals surface area contributed by atoms with Crippen LogP contribution in [0.5, 0.6) is 5.75 Å². The topological polar surface area (TPSA) is 61.9 Å². The molecule has 0 aliphatic carbocycles. The van der Waals surface area contributed by atoms with Crippen LogP contribution in [0.2, 0.25) is 5.02 Å². The number of benzene rings is 4. The molecular weight excluding hydrogens is 534 g/mol. The second kappa shape index (κ2) is 11.0. The molecule has 6 nitrogen and oxygen atoms in total. The van der Waals surface area contributed by atoms with Crippen LogP contribution in [-0.2, 0) is 16.8 Å². The van der Waals surface area contributed by atoms with Gasteiger partial charge in [0.25, 0.3) is 0 Å². The summed E-state index contributed by atoms with van der Waals surface area (Å²) in [5.41, 5.74) is 4.26. The first-order valence-electron chi connectivity index (χ1n) is 13.8. The van der Waals surface area contributed by atoms with Crippen molar-refractivity contribution in [2.75, 3.05) is 43.1 Å². The molecule has 6 rings (SSSR count). The number of nitrogens with one attached hydrogen (secondary N) is 1. The summed E-state index contributed by atoms with van der Waals surface area (Å²) in [4.78, 5) is 32.9. The maximum absolute atomic E-state index is 14.5. The summed E-state index contributed by atoms with van der Waals surface area (Å²) in [7, 11) is 1.60. The Morgan fingerprint density at radius 3 is 2.15 bits per heavy atom. The van der Waals surface area contributed by atoms with Crippen molar-refractivity contribution in [3.8, 4) is 16.9 Å². The van der Waals surface area contributed by atoms with Gasteiger partial charge in [-0.2, -0.15) is 0 Å². The van der Waals surface area contributed by atoms with Crippen LogP contribution in [0.3, 0.4) is 0 Å². The first kappa shape index (κ1) is 27.1. The molecule has 2 aliphatic rings. The predicted molar refractivity (Wildman–Crippen MR) is 164 cm³/mol. The Bertz CT molecular complexity index is 1580. The Labute approximate surface area is 245 Å². The molecule has 0 bridgehead atoms. The molecule has 1 unspecified atom stereocenters. The summed E-state index contributed by atoms with van der Waals surface area (Å²) < 4.78 is 5.35. The number of ether oxygens (including phenoxy) is 1. The van der Waals surface area contributed by atoms with Gasteiger partial charge in [-0.05, 0) is 53.4 Å². The van der Waals surface area contributed by atoms with Crippen molar-refractivity contribution in [3.05, 3.63) is 113 Å². The molecule has 0 spiro atoms. The van der Waals surface area contributed by atoms with Crippen LogP contribution in [0.25, 0.3) is 11.1 Å². The van der Waals surface area contributed by atoms with Gasteiger partial charge < -0.3 is 19.9 Å². The molecule has 0 saturated carbocycles. The third kappa shape index (κ3) is 4.88. The van der Waals surface area contributed by atoms with E-state index in [2.05, 4.69) is 34.5 Å². The average molecular weight is 566 g/mol. The maximum Gasteiger partial charge on any atom is 0.245 e. The van der Waals surface area contributed by atoms with Crippen molar-refractivity contribution in [3.63, 3.8) is 0 Å². The number of nitrogens with zero attached hydrogens (tertiary/aromatic N) is 2. The van der Waals surface area contributed by atoms with E-state index in [-0.39, 0.29) is 11.7 Å². The Hall–Kier alpha value is -4.13. The van der Waals surface area contributed by atoms with E-state index in [9.17, 15) is 9.59 Å². The molecule has 0 aromatic heterocycles. The number of amides is 1. The Balaban J connectivity index is 1.47. The lowest BCUT2D eigenvalue weighted by atomic mass is 9.71. The van der Waals surface area contributed by atoms with Crippen molar-refractivity contribution in [2.24, 2.45) is 0 Å². The van der Waals surface area contributed by atoms with Crippen LogP contribution in [0.15, 0.2) is 91.0 Å². The third-order valence-electron chi connectivity index (χ3n) is 8.23. The molecule has 4 aromatic carbocycles. The summed E-state index contributed by atoms with van der Waals surface area (Å²) >= 11 is 6.67. The smallest absolute Gasteiger partial charge is 0.245 e.